The average molecular weight is 223 g/mol. The second-order valence-corrected chi connectivity index (χ2v) is 4.96. The van der Waals surface area contributed by atoms with Gasteiger partial charge in [0.25, 0.3) is 0 Å². The molecule has 0 saturated heterocycles. The van der Waals surface area contributed by atoms with Gasteiger partial charge in [0.15, 0.2) is 0 Å². The van der Waals surface area contributed by atoms with Crippen LogP contribution in [0.4, 0.5) is 0 Å². The summed E-state index contributed by atoms with van der Waals surface area (Å²) < 4.78 is 10.7. The maximum absolute atomic E-state index is 6.01. The molecule has 0 saturated carbocycles. The molecule has 3 heteroatoms. The monoisotopic (exact) mass is 223 g/mol. The summed E-state index contributed by atoms with van der Waals surface area (Å²) in [4.78, 5) is 0. The largest absolute Gasteiger partial charge is 0.497 e. The second kappa shape index (κ2) is 5.21. The van der Waals surface area contributed by atoms with Crippen LogP contribution in [0.1, 0.15) is 20.8 Å². The Balaban J connectivity index is 2.54. The summed E-state index contributed by atoms with van der Waals surface area (Å²) in [5.74, 6) is 1.58. The van der Waals surface area contributed by atoms with E-state index in [9.17, 15) is 0 Å². The maximum Gasteiger partial charge on any atom is 0.123 e. The van der Waals surface area contributed by atoms with Crippen LogP contribution in [0.2, 0.25) is 0 Å². The van der Waals surface area contributed by atoms with E-state index in [-0.39, 0.29) is 11.5 Å². The first-order valence-electron chi connectivity index (χ1n) is 5.46. The molecule has 0 amide bonds. The minimum atomic E-state index is 0.0127. The Labute approximate surface area is 97.6 Å². The van der Waals surface area contributed by atoms with Crippen LogP contribution in [0.25, 0.3) is 0 Å². The van der Waals surface area contributed by atoms with Crippen LogP contribution >= 0.6 is 0 Å². The SMILES string of the molecule is COc1cccc(OCC(N)C(C)(C)C)c1. The smallest absolute Gasteiger partial charge is 0.123 e. The van der Waals surface area contributed by atoms with E-state index < -0.39 is 0 Å². The molecule has 1 aromatic rings. The molecule has 0 bridgehead atoms. The Morgan fingerprint density at radius 2 is 1.88 bits per heavy atom. The van der Waals surface area contributed by atoms with Crippen molar-refractivity contribution >= 4 is 0 Å². The van der Waals surface area contributed by atoms with E-state index in [1.807, 2.05) is 24.3 Å². The number of benzene rings is 1. The molecule has 0 aliphatic carbocycles. The molecule has 0 aromatic heterocycles. The summed E-state index contributed by atoms with van der Waals surface area (Å²) in [5.41, 5.74) is 6.07. The van der Waals surface area contributed by atoms with Gasteiger partial charge in [0.05, 0.1) is 7.11 Å². The Bertz CT molecular complexity index is 331. The van der Waals surface area contributed by atoms with E-state index in [1.165, 1.54) is 0 Å². The third-order valence-electron chi connectivity index (χ3n) is 2.58. The molecule has 1 unspecified atom stereocenters. The fraction of sp³-hybridized carbons (Fsp3) is 0.538. The fourth-order valence-corrected chi connectivity index (χ4v) is 1.13. The lowest BCUT2D eigenvalue weighted by molar-refractivity contribution is 0.205. The highest BCUT2D eigenvalue weighted by Gasteiger charge is 2.20. The van der Waals surface area contributed by atoms with Gasteiger partial charge < -0.3 is 15.2 Å². The van der Waals surface area contributed by atoms with Crippen LogP contribution in [0, 0.1) is 5.41 Å². The average Bonchev–Trinajstić information content (AvgIpc) is 2.25. The van der Waals surface area contributed by atoms with Crippen LogP contribution < -0.4 is 15.2 Å². The lowest BCUT2D eigenvalue weighted by Gasteiger charge is -2.26. The molecule has 0 spiro atoms. The molecule has 0 aliphatic heterocycles. The van der Waals surface area contributed by atoms with Gasteiger partial charge in [-0.15, -0.1) is 0 Å². The molecule has 16 heavy (non-hydrogen) atoms. The quantitative estimate of drug-likeness (QED) is 0.852. The lowest BCUT2D eigenvalue weighted by atomic mass is 9.88. The van der Waals surface area contributed by atoms with Gasteiger partial charge >= 0.3 is 0 Å². The summed E-state index contributed by atoms with van der Waals surface area (Å²) in [6.45, 7) is 6.82. The first kappa shape index (κ1) is 12.8. The first-order chi connectivity index (χ1) is 7.43. The zero-order valence-corrected chi connectivity index (χ0v) is 10.5. The van der Waals surface area contributed by atoms with Crippen molar-refractivity contribution in [3.63, 3.8) is 0 Å². The van der Waals surface area contributed by atoms with E-state index in [0.717, 1.165) is 11.5 Å². The fourth-order valence-electron chi connectivity index (χ4n) is 1.13. The van der Waals surface area contributed by atoms with Gasteiger partial charge in [-0.25, -0.2) is 0 Å². The minimum Gasteiger partial charge on any atom is -0.497 e. The molecule has 1 rings (SSSR count). The van der Waals surface area contributed by atoms with Crippen molar-refractivity contribution in [3.8, 4) is 11.5 Å². The van der Waals surface area contributed by atoms with Crippen molar-refractivity contribution in [2.45, 2.75) is 26.8 Å². The predicted molar refractivity (Wildman–Crippen MR) is 65.9 cm³/mol. The molecule has 90 valence electrons. The van der Waals surface area contributed by atoms with Crippen molar-refractivity contribution in [1.82, 2.24) is 0 Å². The summed E-state index contributed by atoms with van der Waals surface area (Å²) in [6, 6.07) is 7.55. The molecule has 2 N–H and O–H groups in total. The Morgan fingerprint density at radius 3 is 2.44 bits per heavy atom. The lowest BCUT2D eigenvalue weighted by Crippen LogP contribution is -2.40. The Morgan fingerprint density at radius 1 is 1.25 bits per heavy atom. The van der Waals surface area contributed by atoms with E-state index in [4.69, 9.17) is 15.2 Å². The zero-order chi connectivity index (χ0) is 12.2. The highest BCUT2D eigenvalue weighted by molar-refractivity contribution is 5.32. The number of hydrogen-bond acceptors (Lipinski definition) is 3. The topological polar surface area (TPSA) is 44.5 Å². The molecule has 0 radical (unpaired) electrons. The van der Waals surface area contributed by atoms with Crippen molar-refractivity contribution < 1.29 is 9.47 Å². The highest BCUT2D eigenvalue weighted by Crippen LogP contribution is 2.21. The van der Waals surface area contributed by atoms with Crippen LogP contribution in [-0.4, -0.2) is 19.8 Å². The molecular weight excluding hydrogens is 202 g/mol. The molecule has 0 heterocycles. The molecule has 0 aliphatic rings. The Kier molecular flexibility index (Phi) is 4.19. The van der Waals surface area contributed by atoms with Crippen molar-refractivity contribution in [1.29, 1.82) is 0 Å². The van der Waals surface area contributed by atoms with Crippen molar-refractivity contribution in [3.05, 3.63) is 24.3 Å². The van der Waals surface area contributed by atoms with E-state index in [1.54, 1.807) is 7.11 Å². The summed E-state index contributed by atoms with van der Waals surface area (Å²) in [6.07, 6.45) is 0. The first-order valence-corrected chi connectivity index (χ1v) is 5.46. The van der Waals surface area contributed by atoms with Gasteiger partial charge in [0.1, 0.15) is 18.1 Å². The van der Waals surface area contributed by atoms with Gasteiger partial charge in [-0.1, -0.05) is 26.8 Å². The van der Waals surface area contributed by atoms with E-state index in [2.05, 4.69) is 20.8 Å². The highest BCUT2D eigenvalue weighted by atomic mass is 16.5. The van der Waals surface area contributed by atoms with E-state index >= 15 is 0 Å². The second-order valence-electron chi connectivity index (χ2n) is 4.96. The standard InChI is InChI=1S/C13H21NO2/c1-13(2,3)12(14)9-16-11-7-5-6-10(8-11)15-4/h5-8,12H,9,14H2,1-4H3. The normalized spacial score (nSPS) is 13.3. The van der Waals surface area contributed by atoms with Gasteiger partial charge in [0.2, 0.25) is 0 Å². The third kappa shape index (κ3) is 3.74. The van der Waals surface area contributed by atoms with Gasteiger partial charge in [-0.3, -0.25) is 0 Å². The molecule has 1 aromatic carbocycles. The molecule has 3 nitrogen and oxygen atoms in total. The Hall–Kier alpha value is -1.22. The van der Waals surface area contributed by atoms with Crippen LogP contribution in [0.15, 0.2) is 24.3 Å². The predicted octanol–water partition coefficient (Wildman–Crippen LogP) is 2.45. The summed E-state index contributed by atoms with van der Waals surface area (Å²) >= 11 is 0. The number of hydrogen-bond donors (Lipinski definition) is 1. The number of methoxy groups -OCH3 is 1. The number of nitrogens with two attached hydrogens (primary N) is 1. The van der Waals surface area contributed by atoms with E-state index in [0.29, 0.717) is 6.61 Å². The molecule has 0 fully saturated rings. The van der Waals surface area contributed by atoms with Gasteiger partial charge in [-0.05, 0) is 17.5 Å². The zero-order valence-electron chi connectivity index (χ0n) is 10.5. The summed E-state index contributed by atoms with van der Waals surface area (Å²) in [7, 11) is 1.64. The van der Waals surface area contributed by atoms with Crippen LogP contribution in [0.5, 0.6) is 11.5 Å². The molecule has 1 atom stereocenters. The molecular formula is C13H21NO2. The third-order valence-corrected chi connectivity index (χ3v) is 2.58. The van der Waals surface area contributed by atoms with Crippen molar-refractivity contribution in [2.75, 3.05) is 13.7 Å². The van der Waals surface area contributed by atoms with Gasteiger partial charge in [-0.2, -0.15) is 0 Å². The van der Waals surface area contributed by atoms with Crippen LogP contribution in [-0.2, 0) is 0 Å². The minimum absolute atomic E-state index is 0.0127. The van der Waals surface area contributed by atoms with Crippen LogP contribution in [0.3, 0.4) is 0 Å². The number of rotatable bonds is 4. The summed E-state index contributed by atoms with van der Waals surface area (Å²) in [5, 5.41) is 0. The maximum atomic E-state index is 6.01. The number of ether oxygens (including phenoxy) is 2. The van der Waals surface area contributed by atoms with Gasteiger partial charge in [0, 0.05) is 12.1 Å². The van der Waals surface area contributed by atoms with Crippen molar-refractivity contribution in [2.24, 2.45) is 11.1 Å².